The molecule has 4 rings (SSSR count). The zero-order chi connectivity index (χ0) is 19.5. The van der Waals surface area contributed by atoms with E-state index in [4.69, 9.17) is 9.72 Å². The number of nitrogens with one attached hydrogen (secondary N) is 1. The molecule has 140 valence electrons. The number of nitrogens with zero attached hydrogens (tertiary/aromatic N) is 3. The van der Waals surface area contributed by atoms with Crippen LogP contribution in [0.3, 0.4) is 0 Å². The summed E-state index contributed by atoms with van der Waals surface area (Å²) in [5.74, 6) is 1.37. The van der Waals surface area contributed by atoms with Gasteiger partial charge in [0, 0.05) is 29.6 Å². The lowest BCUT2D eigenvalue weighted by Gasteiger charge is -2.09. The molecule has 0 atom stereocenters. The number of imidazole rings is 1. The van der Waals surface area contributed by atoms with Crippen LogP contribution < -0.4 is 10.1 Å². The predicted octanol–water partition coefficient (Wildman–Crippen LogP) is 4.38. The van der Waals surface area contributed by atoms with Crippen molar-refractivity contribution >= 4 is 22.8 Å². The second kappa shape index (κ2) is 7.52. The van der Waals surface area contributed by atoms with Crippen LogP contribution in [-0.2, 0) is 6.54 Å². The molecular formula is C22H20N4O2. The lowest BCUT2D eigenvalue weighted by molar-refractivity contribution is 0.102. The number of hydrogen-bond donors (Lipinski definition) is 1. The van der Waals surface area contributed by atoms with E-state index < -0.39 is 0 Å². The van der Waals surface area contributed by atoms with Crippen molar-refractivity contribution in [2.75, 3.05) is 12.4 Å². The fraction of sp³-hybridized carbons (Fsp3) is 0.136. The van der Waals surface area contributed by atoms with E-state index in [1.807, 2.05) is 54.6 Å². The molecule has 1 N–H and O–H groups in total. The van der Waals surface area contributed by atoms with Crippen molar-refractivity contribution in [3.63, 3.8) is 0 Å². The van der Waals surface area contributed by atoms with E-state index in [-0.39, 0.29) is 5.91 Å². The van der Waals surface area contributed by atoms with E-state index in [1.54, 1.807) is 19.4 Å². The first-order valence-electron chi connectivity index (χ1n) is 9.06. The minimum absolute atomic E-state index is 0.177. The molecular weight excluding hydrogens is 352 g/mol. The largest absolute Gasteiger partial charge is 0.497 e. The number of aryl methyl sites for hydroxylation is 1. The van der Waals surface area contributed by atoms with Crippen LogP contribution in [0.15, 0.2) is 66.9 Å². The van der Waals surface area contributed by atoms with E-state index in [2.05, 4.69) is 21.8 Å². The number of carbonyl (C=O) groups excluding carboxylic acids is 1. The van der Waals surface area contributed by atoms with Crippen LogP contribution >= 0.6 is 0 Å². The summed E-state index contributed by atoms with van der Waals surface area (Å²) in [6, 6.07) is 18.5. The number of fused-ring (bicyclic) bond motifs is 1. The van der Waals surface area contributed by atoms with Crippen molar-refractivity contribution in [1.29, 1.82) is 0 Å². The molecule has 0 aliphatic rings. The van der Waals surface area contributed by atoms with Gasteiger partial charge >= 0.3 is 0 Å². The average molecular weight is 372 g/mol. The molecule has 6 nitrogen and oxygen atoms in total. The Balaban J connectivity index is 1.65. The summed E-state index contributed by atoms with van der Waals surface area (Å²) in [5.41, 5.74) is 3.83. The summed E-state index contributed by atoms with van der Waals surface area (Å²) in [7, 11) is 1.61. The number of hydrogen-bond acceptors (Lipinski definition) is 4. The third kappa shape index (κ3) is 3.32. The molecule has 2 aromatic carbocycles. The number of methoxy groups -OCH3 is 1. The standard InChI is InChI=1S/C22H20N4O2/c1-3-26-20(25-19-8-5-13-23-21(19)26)15-6-4-7-16(14-15)22(27)24-17-9-11-18(28-2)12-10-17/h4-14H,3H2,1-2H3,(H,24,27). The highest BCUT2D eigenvalue weighted by molar-refractivity contribution is 6.05. The normalized spacial score (nSPS) is 10.8. The van der Waals surface area contributed by atoms with E-state index in [0.717, 1.165) is 34.8 Å². The van der Waals surface area contributed by atoms with Crippen LogP contribution in [-0.4, -0.2) is 27.6 Å². The third-order valence-electron chi connectivity index (χ3n) is 4.55. The molecule has 28 heavy (non-hydrogen) atoms. The summed E-state index contributed by atoms with van der Waals surface area (Å²) in [6.07, 6.45) is 1.76. The lowest BCUT2D eigenvalue weighted by Crippen LogP contribution is -2.12. The Bertz CT molecular complexity index is 1130. The smallest absolute Gasteiger partial charge is 0.255 e. The second-order valence-corrected chi connectivity index (χ2v) is 6.29. The maximum atomic E-state index is 12.7. The zero-order valence-corrected chi connectivity index (χ0v) is 15.7. The first-order valence-corrected chi connectivity index (χ1v) is 9.06. The first-order chi connectivity index (χ1) is 13.7. The summed E-state index contributed by atoms with van der Waals surface area (Å²) >= 11 is 0. The van der Waals surface area contributed by atoms with Gasteiger partial charge < -0.3 is 14.6 Å². The van der Waals surface area contributed by atoms with Gasteiger partial charge in [-0.2, -0.15) is 0 Å². The summed E-state index contributed by atoms with van der Waals surface area (Å²) in [5, 5.41) is 2.91. The van der Waals surface area contributed by atoms with Gasteiger partial charge in [-0.1, -0.05) is 12.1 Å². The highest BCUT2D eigenvalue weighted by Gasteiger charge is 2.14. The second-order valence-electron chi connectivity index (χ2n) is 6.29. The SMILES string of the molecule is CCn1c(-c2cccc(C(=O)Nc3ccc(OC)cc3)c2)nc2cccnc21. The van der Waals surface area contributed by atoms with E-state index >= 15 is 0 Å². The van der Waals surface area contributed by atoms with Crippen molar-refractivity contribution in [2.45, 2.75) is 13.5 Å². The summed E-state index contributed by atoms with van der Waals surface area (Å²) in [6.45, 7) is 2.80. The highest BCUT2D eigenvalue weighted by atomic mass is 16.5. The number of anilines is 1. The maximum absolute atomic E-state index is 12.7. The average Bonchev–Trinajstić information content (AvgIpc) is 3.13. The number of pyridine rings is 1. The number of ether oxygens (including phenoxy) is 1. The Morgan fingerprint density at radius 3 is 2.68 bits per heavy atom. The Labute approximate surface area is 162 Å². The lowest BCUT2D eigenvalue weighted by atomic mass is 10.1. The Morgan fingerprint density at radius 2 is 1.93 bits per heavy atom. The van der Waals surface area contributed by atoms with Crippen LogP contribution in [0.2, 0.25) is 0 Å². The van der Waals surface area contributed by atoms with Crippen molar-refractivity contribution in [3.05, 3.63) is 72.4 Å². The predicted molar refractivity (Wildman–Crippen MR) is 110 cm³/mol. The molecule has 0 saturated carbocycles. The van der Waals surface area contributed by atoms with E-state index in [9.17, 15) is 4.79 Å². The molecule has 2 aromatic heterocycles. The van der Waals surface area contributed by atoms with Crippen LogP contribution in [0.25, 0.3) is 22.6 Å². The van der Waals surface area contributed by atoms with Gasteiger partial charge in [0.25, 0.3) is 5.91 Å². The molecule has 2 heterocycles. The number of carbonyl (C=O) groups is 1. The topological polar surface area (TPSA) is 69.0 Å². The molecule has 0 aliphatic heterocycles. The summed E-state index contributed by atoms with van der Waals surface area (Å²) in [4.78, 5) is 21.8. The summed E-state index contributed by atoms with van der Waals surface area (Å²) < 4.78 is 7.19. The third-order valence-corrected chi connectivity index (χ3v) is 4.55. The molecule has 6 heteroatoms. The van der Waals surface area contributed by atoms with Gasteiger partial charge in [0.15, 0.2) is 5.65 Å². The van der Waals surface area contributed by atoms with Gasteiger partial charge in [-0.15, -0.1) is 0 Å². The number of benzene rings is 2. The van der Waals surface area contributed by atoms with E-state index in [1.165, 1.54) is 0 Å². The van der Waals surface area contributed by atoms with Gasteiger partial charge in [-0.05, 0) is 55.5 Å². The molecule has 0 bridgehead atoms. The monoisotopic (exact) mass is 372 g/mol. The fourth-order valence-corrected chi connectivity index (χ4v) is 3.16. The molecule has 0 fully saturated rings. The molecule has 0 saturated heterocycles. The Morgan fingerprint density at radius 1 is 1.11 bits per heavy atom. The first kappa shape index (κ1) is 17.7. The maximum Gasteiger partial charge on any atom is 0.255 e. The fourth-order valence-electron chi connectivity index (χ4n) is 3.16. The molecule has 0 aliphatic carbocycles. The molecule has 0 unspecified atom stereocenters. The van der Waals surface area contributed by atoms with Crippen LogP contribution in [0, 0.1) is 0 Å². The van der Waals surface area contributed by atoms with Crippen LogP contribution in [0.5, 0.6) is 5.75 Å². The van der Waals surface area contributed by atoms with Gasteiger partial charge in [-0.25, -0.2) is 9.97 Å². The van der Waals surface area contributed by atoms with Crippen molar-refractivity contribution < 1.29 is 9.53 Å². The molecule has 1 amide bonds. The molecule has 0 radical (unpaired) electrons. The van der Waals surface area contributed by atoms with Crippen LogP contribution in [0.1, 0.15) is 17.3 Å². The van der Waals surface area contributed by atoms with Crippen molar-refractivity contribution in [3.8, 4) is 17.1 Å². The van der Waals surface area contributed by atoms with Gasteiger partial charge in [0.2, 0.25) is 0 Å². The quantitative estimate of drug-likeness (QED) is 0.564. The van der Waals surface area contributed by atoms with Gasteiger partial charge in [-0.3, -0.25) is 4.79 Å². The number of rotatable bonds is 5. The minimum atomic E-state index is -0.177. The van der Waals surface area contributed by atoms with Crippen molar-refractivity contribution in [1.82, 2.24) is 14.5 Å². The Hall–Kier alpha value is -3.67. The highest BCUT2D eigenvalue weighted by Crippen LogP contribution is 2.25. The van der Waals surface area contributed by atoms with Crippen LogP contribution in [0.4, 0.5) is 5.69 Å². The Kier molecular flexibility index (Phi) is 4.76. The van der Waals surface area contributed by atoms with Crippen molar-refractivity contribution in [2.24, 2.45) is 0 Å². The number of aromatic nitrogens is 3. The van der Waals surface area contributed by atoms with Gasteiger partial charge in [0.1, 0.15) is 17.1 Å². The zero-order valence-electron chi connectivity index (χ0n) is 15.7. The minimum Gasteiger partial charge on any atom is -0.497 e. The molecule has 0 spiro atoms. The van der Waals surface area contributed by atoms with E-state index in [0.29, 0.717) is 11.3 Å². The van der Waals surface area contributed by atoms with Gasteiger partial charge in [0.05, 0.1) is 7.11 Å². The number of amides is 1. The molecule has 4 aromatic rings.